The first kappa shape index (κ1) is 22.8. The molecule has 2 aromatic heterocycles. The molecule has 5 rings (SSSR count). The first-order valence-electron chi connectivity index (χ1n) is 11.9. The molecule has 0 spiro atoms. The summed E-state index contributed by atoms with van der Waals surface area (Å²) < 4.78 is 2.18. The Kier molecular flexibility index (Phi) is 6.10. The van der Waals surface area contributed by atoms with Gasteiger partial charge in [-0.2, -0.15) is 10.4 Å². The van der Waals surface area contributed by atoms with Gasteiger partial charge >= 0.3 is 0 Å². The lowest BCUT2D eigenvalue weighted by Crippen LogP contribution is -2.42. The molecule has 0 saturated carbocycles. The highest BCUT2D eigenvalue weighted by Crippen LogP contribution is 2.32. The van der Waals surface area contributed by atoms with Gasteiger partial charge in [-0.1, -0.05) is 12.1 Å². The molecule has 0 atom stereocenters. The minimum absolute atomic E-state index is 0.628. The van der Waals surface area contributed by atoms with Crippen LogP contribution in [0.1, 0.15) is 29.8 Å². The number of amidine groups is 1. The number of fused-ring (bicyclic) bond motifs is 2. The van der Waals surface area contributed by atoms with Crippen molar-refractivity contribution in [2.75, 3.05) is 44.0 Å². The van der Waals surface area contributed by atoms with E-state index in [9.17, 15) is 0 Å². The smallest absolute Gasteiger partial charge is 0.179 e. The molecule has 3 aromatic rings. The van der Waals surface area contributed by atoms with Gasteiger partial charge in [-0.05, 0) is 62.8 Å². The highest BCUT2D eigenvalue weighted by Gasteiger charge is 2.27. The number of aromatic nitrogens is 2. The Bertz CT molecular complexity index is 1300. The molecule has 0 radical (unpaired) electrons. The Morgan fingerprint density at radius 3 is 2.49 bits per heavy atom. The number of piperidine rings is 1. The van der Waals surface area contributed by atoms with Gasteiger partial charge in [0.25, 0.3) is 0 Å². The summed E-state index contributed by atoms with van der Waals surface area (Å²) in [7, 11) is 6.32. The third kappa shape index (κ3) is 4.31. The van der Waals surface area contributed by atoms with Crippen LogP contribution >= 0.6 is 0 Å². The standard InChI is InChI=1S/C27H30N8/c1-29-31-27-25-15-21(20-7-5-19(16-28)6-8-20)17-35(25)18-23-24(33(27)4)9-10-26(30-23)34-13-11-22(12-14-34)32(2)3/h5-10,15,17,22H,1,11-14,18H2,2-4H3/b31-27-. The van der Waals surface area contributed by atoms with Crippen LogP contribution in [0.2, 0.25) is 0 Å². The van der Waals surface area contributed by atoms with E-state index in [1.54, 1.807) is 0 Å². The lowest BCUT2D eigenvalue weighted by atomic mass is 10.0. The maximum atomic E-state index is 9.13. The molecular formula is C27H30N8. The molecule has 35 heavy (non-hydrogen) atoms. The Morgan fingerprint density at radius 2 is 1.83 bits per heavy atom. The van der Waals surface area contributed by atoms with Gasteiger partial charge < -0.3 is 19.3 Å². The maximum absolute atomic E-state index is 9.13. The average Bonchev–Trinajstić information content (AvgIpc) is 3.26. The summed E-state index contributed by atoms with van der Waals surface area (Å²) in [4.78, 5) is 11.9. The fourth-order valence-corrected chi connectivity index (χ4v) is 5.05. The average molecular weight is 467 g/mol. The van der Waals surface area contributed by atoms with Crippen molar-refractivity contribution >= 4 is 24.1 Å². The first-order valence-corrected chi connectivity index (χ1v) is 11.9. The second kappa shape index (κ2) is 9.35. The van der Waals surface area contributed by atoms with Gasteiger partial charge in [0.1, 0.15) is 5.82 Å². The van der Waals surface area contributed by atoms with Crippen LogP contribution in [0, 0.1) is 11.3 Å². The van der Waals surface area contributed by atoms with Crippen molar-refractivity contribution in [3.05, 3.63) is 65.6 Å². The number of benzene rings is 1. The molecule has 8 heteroatoms. The number of pyridine rings is 1. The van der Waals surface area contributed by atoms with Crippen molar-refractivity contribution in [2.24, 2.45) is 10.2 Å². The number of hydrogen-bond donors (Lipinski definition) is 0. The molecule has 0 N–H and O–H groups in total. The van der Waals surface area contributed by atoms with E-state index in [1.165, 1.54) is 0 Å². The first-order chi connectivity index (χ1) is 17.0. The molecule has 1 fully saturated rings. The van der Waals surface area contributed by atoms with Crippen molar-refractivity contribution in [3.8, 4) is 17.2 Å². The van der Waals surface area contributed by atoms with E-state index in [0.717, 1.165) is 65.8 Å². The van der Waals surface area contributed by atoms with E-state index in [1.807, 2.05) is 36.2 Å². The second-order valence-electron chi connectivity index (χ2n) is 9.37. The van der Waals surface area contributed by atoms with Gasteiger partial charge in [-0.3, -0.25) is 0 Å². The van der Waals surface area contributed by atoms with E-state index >= 15 is 0 Å². The fourth-order valence-electron chi connectivity index (χ4n) is 5.05. The summed E-state index contributed by atoms with van der Waals surface area (Å²) in [5.74, 6) is 1.75. The molecule has 2 aliphatic heterocycles. The number of hydrogen-bond acceptors (Lipinski definition) is 6. The number of nitrogens with zero attached hydrogens (tertiary/aromatic N) is 8. The molecule has 178 valence electrons. The van der Waals surface area contributed by atoms with Crippen molar-refractivity contribution < 1.29 is 0 Å². The summed E-state index contributed by atoms with van der Waals surface area (Å²) in [5, 5.41) is 17.4. The summed E-state index contributed by atoms with van der Waals surface area (Å²) in [6, 6.07) is 16.8. The molecular weight excluding hydrogens is 436 g/mol. The summed E-state index contributed by atoms with van der Waals surface area (Å²) >= 11 is 0. The fraction of sp³-hybridized carbons (Fsp3) is 0.333. The van der Waals surface area contributed by atoms with Gasteiger partial charge in [0.15, 0.2) is 5.84 Å². The summed E-state index contributed by atoms with van der Waals surface area (Å²) in [6.45, 7) is 6.24. The number of rotatable bonds is 4. The lowest BCUT2D eigenvalue weighted by molar-refractivity contribution is 0.249. The minimum atomic E-state index is 0.628. The Balaban J connectivity index is 1.51. The maximum Gasteiger partial charge on any atom is 0.179 e. The quantitative estimate of drug-likeness (QED) is 0.432. The van der Waals surface area contributed by atoms with Gasteiger partial charge in [-0.15, -0.1) is 5.10 Å². The van der Waals surface area contributed by atoms with Crippen molar-refractivity contribution in [1.29, 1.82) is 5.26 Å². The summed E-state index contributed by atoms with van der Waals surface area (Å²) in [6.07, 6.45) is 4.40. The SMILES string of the molecule is C=N/N=C1/c2cc(-c3ccc(C#N)cc3)cn2Cc2nc(N3CCC(N(C)C)CC3)ccc2N1C. The molecule has 1 saturated heterocycles. The van der Waals surface area contributed by atoms with E-state index < -0.39 is 0 Å². The van der Waals surface area contributed by atoms with Crippen LogP contribution in [0.5, 0.6) is 0 Å². The van der Waals surface area contributed by atoms with Crippen LogP contribution in [0.25, 0.3) is 11.1 Å². The highest BCUT2D eigenvalue weighted by atomic mass is 15.3. The van der Waals surface area contributed by atoms with Gasteiger partial charge in [0.05, 0.1) is 35.3 Å². The molecule has 0 unspecified atom stereocenters. The zero-order chi connectivity index (χ0) is 24.5. The van der Waals surface area contributed by atoms with Crippen molar-refractivity contribution in [1.82, 2.24) is 14.5 Å². The molecule has 0 aliphatic carbocycles. The largest absolute Gasteiger partial charge is 0.356 e. The van der Waals surface area contributed by atoms with Crippen LogP contribution < -0.4 is 9.80 Å². The molecule has 2 aliphatic rings. The highest BCUT2D eigenvalue weighted by molar-refractivity contribution is 6.10. The van der Waals surface area contributed by atoms with Crippen LogP contribution in [0.4, 0.5) is 11.5 Å². The van der Waals surface area contributed by atoms with Crippen LogP contribution in [0.3, 0.4) is 0 Å². The zero-order valence-electron chi connectivity index (χ0n) is 20.5. The zero-order valence-corrected chi connectivity index (χ0v) is 20.5. The lowest BCUT2D eigenvalue weighted by Gasteiger charge is -2.36. The van der Waals surface area contributed by atoms with E-state index in [-0.39, 0.29) is 0 Å². The number of nitriles is 1. The topological polar surface area (TPSA) is 76.0 Å². The van der Waals surface area contributed by atoms with Gasteiger partial charge in [-0.25, -0.2) is 4.98 Å². The molecule has 0 amide bonds. The van der Waals surface area contributed by atoms with E-state index in [0.29, 0.717) is 18.2 Å². The van der Waals surface area contributed by atoms with Crippen LogP contribution in [-0.2, 0) is 6.54 Å². The third-order valence-electron chi connectivity index (χ3n) is 7.09. The molecule has 4 heterocycles. The Hall–Kier alpha value is -3.96. The molecule has 1 aromatic carbocycles. The molecule has 8 nitrogen and oxygen atoms in total. The number of anilines is 2. The molecule has 0 bridgehead atoms. The van der Waals surface area contributed by atoms with Crippen LogP contribution in [0.15, 0.2) is 58.9 Å². The third-order valence-corrected chi connectivity index (χ3v) is 7.09. The predicted octanol–water partition coefficient (Wildman–Crippen LogP) is 3.81. The predicted molar refractivity (Wildman–Crippen MR) is 141 cm³/mol. The van der Waals surface area contributed by atoms with E-state index in [2.05, 4.69) is 75.8 Å². The monoisotopic (exact) mass is 466 g/mol. The second-order valence-corrected chi connectivity index (χ2v) is 9.37. The minimum Gasteiger partial charge on any atom is -0.356 e. The summed E-state index contributed by atoms with van der Waals surface area (Å²) in [5.41, 5.74) is 5.71. The normalized spacial score (nSPS) is 17.2. The Morgan fingerprint density at radius 1 is 1.09 bits per heavy atom. The Labute approximate surface area is 206 Å². The van der Waals surface area contributed by atoms with Crippen molar-refractivity contribution in [3.63, 3.8) is 0 Å². The van der Waals surface area contributed by atoms with Crippen molar-refractivity contribution in [2.45, 2.75) is 25.4 Å². The van der Waals surface area contributed by atoms with Gasteiger partial charge in [0.2, 0.25) is 0 Å². The van der Waals surface area contributed by atoms with Gasteiger partial charge in [0, 0.05) is 44.7 Å². The van der Waals surface area contributed by atoms with E-state index in [4.69, 9.17) is 10.2 Å². The van der Waals surface area contributed by atoms with Crippen LogP contribution in [-0.4, -0.2) is 67.3 Å².